The summed E-state index contributed by atoms with van der Waals surface area (Å²) in [5.74, 6) is 1.14. The van der Waals surface area contributed by atoms with Gasteiger partial charge in [0, 0.05) is 16.5 Å². The molecule has 3 nitrogen and oxygen atoms in total. The summed E-state index contributed by atoms with van der Waals surface area (Å²) in [4.78, 5) is 0. The topological polar surface area (TPSA) is 45.4 Å². The van der Waals surface area contributed by atoms with E-state index < -0.39 is 0 Å². The van der Waals surface area contributed by atoms with Crippen molar-refractivity contribution in [3.05, 3.63) is 59.0 Å². The summed E-state index contributed by atoms with van der Waals surface area (Å²) < 4.78 is 6.31. The second-order valence-electron chi connectivity index (χ2n) is 4.22. The van der Waals surface area contributed by atoms with Crippen molar-refractivity contribution in [3.63, 3.8) is 0 Å². The number of nitrogens with one attached hydrogen (secondary N) is 1. The van der Waals surface area contributed by atoms with Crippen molar-refractivity contribution >= 4 is 32.4 Å². The number of fused-ring (bicyclic) bond motifs is 1. The van der Waals surface area contributed by atoms with Gasteiger partial charge in [0.25, 0.3) is 0 Å². The second kappa shape index (κ2) is 4.97. The number of halogens is 1. The van der Waals surface area contributed by atoms with E-state index in [1.165, 1.54) is 0 Å². The first-order chi connectivity index (χ1) is 9.25. The highest BCUT2D eigenvalue weighted by molar-refractivity contribution is 9.10. The number of anilines is 1. The molecule has 0 aliphatic rings. The molecule has 4 heteroatoms. The molecule has 3 aromatic rings. The Kier molecular flexibility index (Phi) is 3.17. The van der Waals surface area contributed by atoms with Crippen LogP contribution in [0.15, 0.2) is 57.6 Å². The van der Waals surface area contributed by atoms with Gasteiger partial charge in [-0.3, -0.25) is 0 Å². The van der Waals surface area contributed by atoms with Crippen LogP contribution < -0.4 is 5.32 Å². The zero-order valence-electron chi connectivity index (χ0n) is 10.1. The van der Waals surface area contributed by atoms with Crippen molar-refractivity contribution in [2.24, 2.45) is 0 Å². The lowest BCUT2D eigenvalue weighted by Crippen LogP contribution is -1.99. The molecule has 2 N–H and O–H groups in total. The fourth-order valence-electron chi connectivity index (χ4n) is 2.07. The van der Waals surface area contributed by atoms with Gasteiger partial charge in [-0.2, -0.15) is 0 Å². The average Bonchev–Trinajstić information content (AvgIpc) is 2.82. The van der Waals surface area contributed by atoms with Crippen molar-refractivity contribution in [2.45, 2.75) is 6.54 Å². The van der Waals surface area contributed by atoms with Gasteiger partial charge in [-0.15, -0.1) is 0 Å². The molecule has 0 saturated heterocycles. The zero-order valence-corrected chi connectivity index (χ0v) is 11.6. The third-order valence-electron chi connectivity index (χ3n) is 3.03. The third-order valence-corrected chi connectivity index (χ3v) is 3.74. The second-order valence-corrected chi connectivity index (χ2v) is 5.08. The van der Waals surface area contributed by atoms with Crippen LogP contribution in [0.25, 0.3) is 10.8 Å². The van der Waals surface area contributed by atoms with Crippen LogP contribution in [0.4, 0.5) is 5.69 Å². The van der Waals surface area contributed by atoms with Gasteiger partial charge in [-0.1, -0.05) is 24.3 Å². The van der Waals surface area contributed by atoms with Gasteiger partial charge in [0.05, 0.1) is 17.3 Å². The molecule has 2 aromatic carbocycles. The first-order valence-electron chi connectivity index (χ1n) is 5.92. The maximum Gasteiger partial charge on any atom is 0.136 e. The molecule has 1 aromatic heterocycles. The molecule has 0 fully saturated rings. The van der Waals surface area contributed by atoms with Crippen LogP contribution in [-0.2, 0) is 6.54 Å². The van der Waals surface area contributed by atoms with E-state index in [0.717, 1.165) is 26.7 Å². The van der Waals surface area contributed by atoms with Crippen molar-refractivity contribution in [2.75, 3.05) is 5.32 Å². The SMILES string of the molecule is Oc1cccc2c(NCc3occc3Br)cccc12. The standard InChI is InChI=1S/C15H12BrNO2/c16-12-7-8-19-15(12)9-17-13-5-1-4-11-10(13)3-2-6-14(11)18/h1-8,17-18H,9H2. The van der Waals surface area contributed by atoms with E-state index >= 15 is 0 Å². The maximum absolute atomic E-state index is 9.84. The van der Waals surface area contributed by atoms with E-state index in [-0.39, 0.29) is 0 Å². The lowest BCUT2D eigenvalue weighted by Gasteiger charge is -2.09. The summed E-state index contributed by atoms with van der Waals surface area (Å²) in [5.41, 5.74) is 0.969. The minimum Gasteiger partial charge on any atom is -0.507 e. The van der Waals surface area contributed by atoms with Crippen molar-refractivity contribution in [1.82, 2.24) is 0 Å². The minimum atomic E-state index is 0.292. The number of benzene rings is 2. The van der Waals surface area contributed by atoms with Gasteiger partial charge in [-0.25, -0.2) is 0 Å². The smallest absolute Gasteiger partial charge is 0.136 e. The predicted molar refractivity (Wildman–Crippen MR) is 79.3 cm³/mol. The molecule has 3 rings (SSSR count). The molecule has 96 valence electrons. The van der Waals surface area contributed by atoms with Crippen LogP contribution in [0.2, 0.25) is 0 Å². The molecule has 0 atom stereocenters. The fraction of sp³-hybridized carbons (Fsp3) is 0.0667. The highest BCUT2D eigenvalue weighted by Crippen LogP contribution is 2.30. The summed E-state index contributed by atoms with van der Waals surface area (Å²) in [6, 6.07) is 13.2. The molecule has 0 saturated carbocycles. The molecule has 1 heterocycles. The van der Waals surface area contributed by atoms with E-state index in [2.05, 4.69) is 21.2 Å². The Morgan fingerprint density at radius 3 is 2.63 bits per heavy atom. The van der Waals surface area contributed by atoms with E-state index in [0.29, 0.717) is 12.3 Å². The molecule has 0 bridgehead atoms. The number of aromatic hydroxyl groups is 1. The number of phenols is 1. The molecule has 0 spiro atoms. The Morgan fingerprint density at radius 1 is 1.05 bits per heavy atom. The van der Waals surface area contributed by atoms with Crippen molar-refractivity contribution in [1.29, 1.82) is 0 Å². The summed E-state index contributed by atoms with van der Waals surface area (Å²) in [7, 11) is 0. The third kappa shape index (κ3) is 2.31. The van der Waals surface area contributed by atoms with Crippen molar-refractivity contribution in [3.8, 4) is 5.75 Å². The molecule has 0 amide bonds. The highest BCUT2D eigenvalue weighted by Gasteiger charge is 2.06. The first kappa shape index (κ1) is 12.1. The number of phenolic OH excluding ortho intramolecular Hbond substituents is 1. The predicted octanol–water partition coefficient (Wildman–Crippen LogP) is 4.51. The van der Waals surface area contributed by atoms with E-state index in [1.807, 2.05) is 36.4 Å². The number of hydrogen-bond donors (Lipinski definition) is 2. The molecular weight excluding hydrogens is 306 g/mol. The van der Waals surface area contributed by atoms with Crippen molar-refractivity contribution < 1.29 is 9.52 Å². The quantitative estimate of drug-likeness (QED) is 0.747. The first-order valence-corrected chi connectivity index (χ1v) is 6.71. The Bertz CT molecular complexity index is 721. The maximum atomic E-state index is 9.84. The molecular formula is C15H12BrNO2. The van der Waals surface area contributed by atoms with Crippen LogP contribution >= 0.6 is 15.9 Å². The Hall–Kier alpha value is -1.94. The van der Waals surface area contributed by atoms with Crippen LogP contribution in [0, 0.1) is 0 Å². The summed E-state index contributed by atoms with van der Waals surface area (Å²) in [6.45, 7) is 0.586. The summed E-state index contributed by atoms with van der Waals surface area (Å²) in [6.07, 6.45) is 1.65. The fourth-order valence-corrected chi connectivity index (χ4v) is 2.42. The minimum absolute atomic E-state index is 0.292. The zero-order chi connectivity index (χ0) is 13.2. The van der Waals surface area contributed by atoms with Crippen LogP contribution in [-0.4, -0.2) is 5.11 Å². The summed E-state index contributed by atoms with van der Waals surface area (Å²) >= 11 is 3.43. The van der Waals surface area contributed by atoms with Gasteiger partial charge in [-0.05, 0) is 34.1 Å². The van der Waals surface area contributed by atoms with E-state index in [1.54, 1.807) is 12.3 Å². The molecule has 0 aliphatic heterocycles. The average molecular weight is 318 g/mol. The van der Waals surface area contributed by atoms with E-state index in [4.69, 9.17) is 4.42 Å². The number of hydrogen-bond acceptors (Lipinski definition) is 3. The van der Waals surface area contributed by atoms with Gasteiger partial charge in [0.15, 0.2) is 0 Å². The van der Waals surface area contributed by atoms with Crippen LogP contribution in [0.1, 0.15) is 5.76 Å². The lowest BCUT2D eigenvalue weighted by atomic mass is 10.1. The van der Waals surface area contributed by atoms with E-state index in [9.17, 15) is 5.11 Å². The Morgan fingerprint density at radius 2 is 1.84 bits per heavy atom. The molecule has 0 aliphatic carbocycles. The monoisotopic (exact) mass is 317 g/mol. The van der Waals surface area contributed by atoms with Crippen LogP contribution in [0.3, 0.4) is 0 Å². The van der Waals surface area contributed by atoms with Gasteiger partial charge in [0.1, 0.15) is 11.5 Å². The van der Waals surface area contributed by atoms with Crippen LogP contribution in [0.5, 0.6) is 5.75 Å². The van der Waals surface area contributed by atoms with Gasteiger partial charge < -0.3 is 14.8 Å². The molecule has 0 radical (unpaired) electrons. The Labute approximate surface area is 119 Å². The van der Waals surface area contributed by atoms with Gasteiger partial charge in [0.2, 0.25) is 0 Å². The van der Waals surface area contributed by atoms with Gasteiger partial charge >= 0.3 is 0 Å². The Balaban J connectivity index is 1.93. The highest BCUT2D eigenvalue weighted by atomic mass is 79.9. The largest absolute Gasteiger partial charge is 0.507 e. The molecule has 19 heavy (non-hydrogen) atoms. The number of rotatable bonds is 3. The number of furan rings is 1. The normalized spacial score (nSPS) is 10.8. The lowest BCUT2D eigenvalue weighted by molar-refractivity contribution is 0.481. The summed E-state index contributed by atoms with van der Waals surface area (Å²) in [5, 5.41) is 15.0. The molecule has 0 unspecified atom stereocenters.